The molecule has 126 valence electrons. The summed E-state index contributed by atoms with van der Waals surface area (Å²) in [7, 11) is 0. The maximum atomic E-state index is 12.9. The molecule has 1 fully saturated rings. The zero-order valence-electron chi connectivity index (χ0n) is 13.8. The summed E-state index contributed by atoms with van der Waals surface area (Å²) in [6.07, 6.45) is 4.76. The molecule has 0 radical (unpaired) electrons. The summed E-state index contributed by atoms with van der Waals surface area (Å²) >= 11 is 1.47. The van der Waals surface area contributed by atoms with Gasteiger partial charge in [0.25, 0.3) is 5.91 Å². The van der Waals surface area contributed by atoms with E-state index in [1.165, 1.54) is 16.9 Å². The number of pyridine rings is 1. The molecule has 2 aromatic heterocycles. The number of nitrogens with zero attached hydrogens (tertiary/aromatic N) is 3. The first-order valence-corrected chi connectivity index (χ1v) is 9.41. The standard InChI is InChI=1S/C20H19N3OS/c24-20(18-14-25-19(22-18)17-10-4-5-11-21-17)23-12-6-9-16(23)13-15-7-2-1-3-8-15/h1-5,7-8,10-11,14,16H,6,9,12-13H2/t16-/m0/s1. The lowest BCUT2D eigenvalue weighted by Gasteiger charge is -2.24. The first-order valence-electron chi connectivity index (χ1n) is 8.53. The molecule has 0 unspecified atom stereocenters. The molecule has 1 saturated heterocycles. The lowest BCUT2D eigenvalue weighted by atomic mass is 10.0. The average Bonchev–Trinajstić information content (AvgIpc) is 3.32. The summed E-state index contributed by atoms with van der Waals surface area (Å²) in [6.45, 7) is 0.812. The molecule has 1 atom stereocenters. The van der Waals surface area contributed by atoms with E-state index in [1.54, 1.807) is 6.20 Å². The molecule has 0 bridgehead atoms. The van der Waals surface area contributed by atoms with Gasteiger partial charge in [0.15, 0.2) is 0 Å². The van der Waals surface area contributed by atoms with Gasteiger partial charge in [0, 0.05) is 24.2 Å². The van der Waals surface area contributed by atoms with Crippen molar-refractivity contribution in [1.82, 2.24) is 14.9 Å². The first-order chi connectivity index (χ1) is 12.3. The van der Waals surface area contributed by atoms with Crippen molar-refractivity contribution < 1.29 is 4.79 Å². The van der Waals surface area contributed by atoms with E-state index in [9.17, 15) is 4.79 Å². The Balaban J connectivity index is 1.51. The topological polar surface area (TPSA) is 46.1 Å². The van der Waals surface area contributed by atoms with Crippen LogP contribution in [-0.2, 0) is 6.42 Å². The number of benzene rings is 1. The average molecular weight is 349 g/mol. The summed E-state index contributed by atoms with van der Waals surface area (Å²) in [5.41, 5.74) is 2.62. The number of amides is 1. The van der Waals surface area contributed by atoms with Gasteiger partial charge in [0.2, 0.25) is 0 Å². The van der Waals surface area contributed by atoms with Gasteiger partial charge in [-0.2, -0.15) is 0 Å². The zero-order valence-corrected chi connectivity index (χ0v) is 14.7. The summed E-state index contributed by atoms with van der Waals surface area (Å²) in [5, 5.41) is 2.65. The van der Waals surface area contributed by atoms with Crippen LogP contribution in [0.5, 0.6) is 0 Å². The van der Waals surface area contributed by atoms with Gasteiger partial charge in [-0.1, -0.05) is 36.4 Å². The van der Waals surface area contributed by atoms with E-state index in [0.29, 0.717) is 5.69 Å². The lowest BCUT2D eigenvalue weighted by molar-refractivity contribution is 0.0731. The van der Waals surface area contributed by atoms with Gasteiger partial charge in [-0.15, -0.1) is 11.3 Å². The Hall–Kier alpha value is -2.53. The first kappa shape index (κ1) is 16.0. The van der Waals surface area contributed by atoms with Crippen LogP contribution in [0, 0.1) is 0 Å². The largest absolute Gasteiger partial charge is 0.334 e. The molecule has 1 aromatic carbocycles. The van der Waals surface area contributed by atoms with Crippen molar-refractivity contribution >= 4 is 17.2 Å². The fourth-order valence-corrected chi connectivity index (χ4v) is 4.10. The van der Waals surface area contributed by atoms with E-state index in [4.69, 9.17) is 0 Å². The number of hydrogen-bond acceptors (Lipinski definition) is 4. The van der Waals surface area contributed by atoms with Crippen LogP contribution >= 0.6 is 11.3 Å². The van der Waals surface area contributed by atoms with Crippen LogP contribution in [0.25, 0.3) is 10.7 Å². The third-order valence-electron chi connectivity index (χ3n) is 4.56. The molecule has 1 aliphatic heterocycles. The molecule has 4 nitrogen and oxygen atoms in total. The second-order valence-corrected chi connectivity index (χ2v) is 7.10. The van der Waals surface area contributed by atoms with Gasteiger partial charge in [0.1, 0.15) is 10.7 Å². The molecule has 3 aromatic rings. The number of hydrogen-bond donors (Lipinski definition) is 0. The summed E-state index contributed by atoms with van der Waals surface area (Å²) in [4.78, 5) is 23.8. The molecular weight excluding hydrogens is 330 g/mol. The van der Waals surface area contributed by atoms with E-state index in [1.807, 2.05) is 34.5 Å². The highest BCUT2D eigenvalue weighted by molar-refractivity contribution is 7.13. The molecule has 0 spiro atoms. The molecular formula is C20H19N3OS. The fraction of sp³-hybridized carbons (Fsp3) is 0.250. The van der Waals surface area contributed by atoms with Crippen LogP contribution in [-0.4, -0.2) is 33.4 Å². The summed E-state index contributed by atoms with van der Waals surface area (Å²) in [5.74, 6) is 0.0388. The molecule has 25 heavy (non-hydrogen) atoms. The summed E-state index contributed by atoms with van der Waals surface area (Å²) in [6, 6.07) is 16.4. The van der Waals surface area contributed by atoms with Gasteiger partial charge in [-0.05, 0) is 37.0 Å². The smallest absolute Gasteiger partial charge is 0.273 e. The van der Waals surface area contributed by atoms with E-state index in [0.717, 1.165) is 36.5 Å². The Labute approximate surface area is 151 Å². The molecule has 0 N–H and O–H groups in total. The van der Waals surface area contributed by atoms with Gasteiger partial charge in [0.05, 0.1) is 5.69 Å². The van der Waals surface area contributed by atoms with Gasteiger partial charge in [-0.25, -0.2) is 4.98 Å². The predicted octanol–water partition coefficient (Wildman–Crippen LogP) is 4.05. The third kappa shape index (κ3) is 3.46. The number of likely N-dealkylation sites (tertiary alicyclic amines) is 1. The Morgan fingerprint density at radius 2 is 2.00 bits per heavy atom. The van der Waals surface area contributed by atoms with Crippen molar-refractivity contribution in [3.63, 3.8) is 0 Å². The van der Waals surface area contributed by atoms with Crippen molar-refractivity contribution in [3.8, 4) is 10.7 Å². The Bertz CT molecular complexity index is 848. The maximum absolute atomic E-state index is 12.9. The van der Waals surface area contributed by atoms with Crippen LogP contribution in [0.1, 0.15) is 28.9 Å². The van der Waals surface area contributed by atoms with Crippen LogP contribution in [0.2, 0.25) is 0 Å². The van der Waals surface area contributed by atoms with Gasteiger partial charge < -0.3 is 4.90 Å². The van der Waals surface area contributed by atoms with Crippen LogP contribution < -0.4 is 0 Å². The van der Waals surface area contributed by atoms with E-state index in [-0.39, 0.29) is 11.9 Å². The third-order valence-corrected chi connectivity index (χ3v) is 5.42. The highest BCUT2D eigenvalue weighted by atomic mass is 32.1. The molecule has 1 aliphatic rings. The number of thiazole rings is 1. The maximum Gasteiger partial charge on any atom is 0.273 e. The van der Waals surface area contributed by atoms with Crippen LogP contribution in [0.4, 0.5) is 0 Å². The minimum Gasteiger partial charge on any atom is -0.334 e. The Kier molecular flexibility index (Phi) is 4.57. The van der Waals surface area contributed by atoms with Crippen molar-refractivity contribution in [2.75, 3.05) is 6.54 Å². The molecule has 5 heteroatoms. The summed E-state index contributed by atoms with van der Waals surface area (Å²) < 4.78 is 0. The molecule has 0 aliphatic carbocycles. The van der Waals surface area contributed by atoms with Gasteiger partial charge in [-0.3, -0.25) is 9.78 Å². The quantitative estimate of drug-likeness (QED) is 0.714. The minimum absolute atomic E-state index is 0.0388. The zero-order chi connectivity index (χ0) is 17.1. The number of carbonyl (C=O) groups is 1. The molecule has 1 amide bonds. The van der Waals surface area contributed by atoms with E-state index >= 15 is 0 Å². The Morgan fingerprint density at radius 3 is 2.80 bits per heavy atom. The minimum atomic E-state index is 0.0388. The lowest BCUT2D eigenvalue weighted by Crippen LogP contribution is -2.37. The van der Waals surface area contributed by atoms with Crippen molar-refractivity contribution in [2.45, 2.75) is 25.3 Å². The van der Waals surface area contributed by atoms with Crippen LogP contribution in [0.3, 0.4) is 0 Å². The highest BCUT2D eigenvalue weighted by Crippen LogP contribution is 2.26. The SMILES string of the molecule is O=C(c1csc(-c2ccccn2)n1)N1CCC[C@H]1Cc1ccccc1. The van der Waals surface area contributed by atoms with Gasteiger partial charge >= 0.3 is 0 Å². The second kappa shape index (κ2) is 7.15. The number of aromatic nitrogens is 2. The van der Waals surface area contributed by atoms with Crippen molar-refractivity contribution in [2.24, 2.45) is 0 Å². The second-order valence-electron chi connectivity index (χ2n) is 6.24. The monoisotopic (exact) mass is 349 g/mol. The Morgan fingerprint density at radius 1 is 1.16 bits per heavy atom. The molecule has 4 rings (SSSR count). The predicted molar refractivity (Wildman–Crippen MR) is 99.5 cm³/mol. The number of carbonyl (C=O) groups excluding carboxylic acids is 1. The fourth-order valence-electron chi connectivity index (χ4n) is 3.33. The normalized spacial score (nSPS) is 17.0. The van der Waals surface area contributed by atoms with Crippen molar-refractivity contribution in [3.05, 3.63) is 71.4 Å². The molecule has 0 saturated carbocycles. The van der Waals surface area contributed by atoms with E-state index in [2.05, 4.69) is 34.2 Å². The van der Waals surface area contributed by atoms with Crippen LogP contribution in [0.15, 0.2) is 60.1 Å². The number of rotatable bonds is 4. The highest BCUT2D eigenvalue weighted by Gasteiger charge is 2.30. The molecule has 3 heterocycles. The van der Waals surface area contributed by atoms with Crippen molar-refractivity contribution in [1.29, 1.82) is 0 Å². The van der Waals surface area contributed by atoms with E-state index < -0.39 is 0 Å².